The Labute approximate surface area is 124 Å². The molecule has 20 heavy (non-hydrogen) atoms. The summed E-state index contributed by atoms with van der Waals surface area (Å²) in [6.45, 7) is 1.72. The first-order chi connectivity index (χ1) is 9.58. The number of carbonyl (C=O) groups is 1. The van der Waals surface area contributed by atoms with Gasteiger partial charge in [0.1, 0.15) is 11.5 Å². The zero-order chi connectivity index (χ0) is 14.5. The second-order valence-electron chi connectivity index (χ2n) is 3.98. The highest BCUT2D eigenvalue weighted by molar-refractivity contribution is 9.10. The van der Waals surface area contributed by atoms with Crippen LogP contribution in [-0.2, 0) is 4.79 Å². The molecule has 0 aliphatic heterocycles. The molecular formula is C15H12BrFO3. The molecule has 0 aliphatic carbocycles. The van der Waals surface area contributed by atoms with Crippen molar-refractivity contribution in [3.63, 3.8) is 0 Å². The van der Waals surface area contributed by atoms with Crippen LogP contribution in [0.25, 0.3) is 0 Å². The van der Waals surface area contributed by atoms with Crippen molar-refractivity contribution < 1.29 is 18.7 Å². The van der Waals surface area contributed by atoms with Gasteiger partial charge in [0, 0.05) is 10.9 Å². The first-order valence-electron chi connectivity index (χ1n) is 6.02. The number of esters is 1. The standard InChI is InChI=1S/C15H12BrFO3/c1-2-15(18)20-12-6-4-11(5-7-12)19-14-8-3-10(16)9-13(14)17/h3-9H,2H2,1H3. The Balaban J connectivity index is 2.08. The predicted octanol–water partition coefficient (Wildman–Crippen LogP) is 4.70. The van der Waals surface area contributed by atoms with Gasteiger partial charge >= 0.3 is 5.97 Å². The van der Waals surface area contributed by atoms with Gasteiger partial charge in [-0.3, -0.25) is 4.79 Å². The maximum absolute atomic E-state index is 13.6. The quantitative estimate of drug-likeness (QED) is 0.599. The number of hydrogen-bond donors (Lipinski definition) is 0. The summed E-state index contributed by atoms with van der Waals surface area (Å²) >= 11 is 3.18. The second-order valence-corrected chi connectivity index (χ2v) is 4.89. The Hall–Kier alpha value is -1.88. The molecule has 0 spiro atoms. The van der Waals surface area contributed by atoms with Crippen molar-refractivity contribution in [1.29, 1.82) is 0 Å². The van der Waals surface area contributed by atoms with Crippen molar-refractivity contribution >= 4 is 21.9 Å². The molecule has 0 bridgehead atoms. The molecule has 0 radical (unpaired) electrons. The van der Waals surface area contributed by atoms with E-state index in [2.05, 4.69) is 15.9 Å². The molecule has 0 fully saturated rings. The molecule has 0 aromatic heterocycles. The Kier molecular flexibility index (Phi) is 4.74. The fraction of sp³-hybridized carbons (Fsp3) is 0.133. The minimum absolute atomic E-state index is 0.131. The molecule has 3 nitrogen and oxygen atoms in total. The SMILES string of the molecule is CCC(=O)Oc1ccc(Oc2ccc(Br)cc2F)cc1. The van der Waals surface area contributed by atoms with E-state index < -0.39 is 5.82 Å². The Bertz CT molecular complexity index is 611. The summed E-state index contributed by atoms with van der Waals surface area (Å²) in [7, 11) is 0. The summed E-state index contributed by atoms with van der Waals surface area (Å²) in [6, 6.07) is 11.0. The number of ether oxygens (including phenoxy) is 2. The van der Waals surface area contributed by atoms with E-state index in [0.717, 1.165) is 0 Å². The zero-order valence-electron chi connectivity index (χ0n) is 10.7. The average molecular weight is 339 g/mol. The van der Waals surface area contributed by atoms with Gasteiger partial charge in [0.25, 0.3) is 0 Å². The molecule has 0 saturated heterocycles. The minimum Gasteiger partial charge on any atom is -0.454 e. The highest BCUT2D eigenvalue weighted by Crippen LogP contribution is 2.28. The van der Waals surface area contributed by atoms with Gasteiger partial charge in [0.05, 0.1) is 0 Å². The molecule has 2 aromatic rings. The van der Waals surface area contributed by atoms with E-state index in [4.69, 9.17) is 9.47 Å². The van der Waals surface area contributed by atoms with E-state index >= 15 is 0 Å². The molecule has 0 amide bonds. The summed E-state index contributed by atoms with van der Waals surface area (Å²) in [5, 5.41) is 0. The molecule has 0 heterocycles. The van der Waals surface area contributed by atoms with Gasteiger partial charge < -0.3 is 9.47 Å². The fourth-order valence-corrected chi connectivity index (χ4v) is 1.80. The average Bonchev–Trinajstić information content (AvgIpc) is 2.44. The summed E-state index contributed by atoms with van der Waals surface area (Å²) in [5.41, 5.74) is 0. The number of hydrogen-bond acceptors (Lipinski definition) is 3. The van der Waals surface area contributed by atoms with Crippen molar-refractivity contribution in [3.8, 4) is 17.2 Å². The van der Waals surface area contributed by atoms with Crippen LogP contribution in [0, 0.1) is 5.82 Å². The molecule has 0 unspecified atom stereocenters. The molecule has 0 N–H and O–H groups in total. The van der Waals surface area contributed by atoms with Crippen LogP contribution in [0.3, 0.4) is 0 Å². The monoisotopic (exact) mass is 338 g/mol. The third kappa shape index (κ3) is 3.81. The van der Waals surface area contributed by atoms with Crippen LogP contribution in [0.1, 0.15) is 13.3 Å². The topological polar surface area (TPSA) is 35.5 Å². The molecule has 104 valence electrons. The first-order valence-corrected chi connectivity index (χ1v) is 6.81. The normalized spacial score (nSPS) is 10.2. The highest BCUT2D eigenvalue weighted by atomic mass is 79.9. The number of rotatable bonds is 4. The van der Waals surface area contributed by atoms with Gasteiger partial charge in [-0.15, -0.1) is 0 Å². The lowest BCUT2D eigenvalue weighted by Gasteiger charge is -2.08. The lowest BCUT2D eigenvalue weighted by molar-refractivity contribution is -0.134. The Morgan fingerprint density at radius 2 is 1.80 bits per heavy atom. The van der Waals surface area contributed by atoms with Gasteiger partial charge in [-0.25, -0.2) is 4.39 Å². The van der Waals surface area contributed by atoms with Crippen LogP contribution in [0.15, 0.2) is 46.9 Å². The van der Waals surface area contributed by atoms with E-state index in [-0.39, 0.29) is 11.7 Å². The van der Waals surface area contributed by atoms with E-state index in [0.29, 0.717) is 22.4 Å². The number of halogens is 2. The number of carbonyl (C=O) groups excluding carboxylic acids is 1. The van der Waals surface area contributed by atoms with Crippen molar-refractivity contribution in [2.75, 3.05) is 0 Å². The van der Waals surface area contributed by atoms with Crippen molar-refractivity contribution in [1.82, 2.24) is 0 Å². The minimum atomic E-state index is -0.458. The zero-order valence-corrected chi connectivity index (χ0v) is 12.3. The second kappa shape index (κ2) is 6.52. The molecule has 2 aromatic carbocycles. The van der Waals surface area contributed by atoms with Gasteiger partial charge in [-0.1, -0.05) is 22.9 Å². The summed E-state index contributed by atoms with van der Waals surface area (Å²) in [5.74, 6) is 0.257. The summed E-state index contributed by atoms with van der Waals surface area (Å²) < 4.78 is 24.7. The van der Waals surface area contributed by atoms with Crippen LogP contribution >= 0.6 is 15.9 Å². The molecule has 5 heteroatoms. The van der Waals surface area contributed by atoms with Gasteiger partial charge in [-0.05, 0) is 42.5 Å². The van der Waals surface area contributed by atoms with E-state index in [1.54, 1.807) is 37.3 Å². The van der Waals surface area contributed by atoms with Crippen molar-refractivity contribution in [2.24, 2.45) is 0 Å². The van der Waals surface area contributed by atoms with Gasteiger partial charge in [-0.2, -0.15) is 0 Å². The maximum Gasteiger partial charge on any atom is 0.310 e. The smallest absolute Gasteiger partial charge is 0.310 e. The Morgan fingerprint density at radius 1 is 1.15 bits per heavy atom. The predicted molar refractivity (Wildman–Crippen MR) is 76.5 cm³/mol. The third-order valence-corrected chi connectivity index (χ3v) is 2.96. The molecule has 0 aliphatic rings. The largest absolute Gasteiger partial charge is 0.454 e. The summed E-state index contributed by atoms with van der Waals surface area (Å²) in [4.78, 5) is 11.1. The Morgan fingerprint density at radius 3 is 2.40 bits per heavy atom. The van der Waals surface area contributed by atoms with Gasteiger partial charge in [0.15, 0.2) is 11.6 Å². The van der Waals surface area contributed by atoms with Crippen LogP contribution in [-0.4, -0.2) is 5.97 Å². The lowest BCUT2D eigenvalue weighted by atomic mass is 10.3. The summed E-state index contributed by atoms with van der Waals surface area (Å²) in [6.07, 6.45) is 0.308. The molecule has 2 rings (SSSR count). The van der Waals surface area contributed by atoms with E-state index in [1.807, 2.05) is 0 Å². The molecular weight excluding hydrogens is 327 g/mol. The van der Waals surface area contributed by atoms with Crippen molar-refractivity contribution in [3.05, 3.63) is 52.8 Å². The lowest BCUT2D eigenvalue weighted by Crippen LogP contribution is -2.05. The maximum atomic E-state index is 13.6. The van der Waals surface area contributed by atoms with E-state index in [1.165, 1.54) is 12.1 Å². The van der Waals surface area contributed by atoms with E-state index in [9.17, 15) is 9.18 Å². The molecule has 0 saturated carbocycles. The van der Waals surface area contributed by atoms with Crippen LogP contribution in [0.5, 0.6) is 17.2 Å². The fourth-order valence-electron chi connectivity index (χ4n) is 1.46. The molecule has 0 atom stereocenters. The highest BCUT2D eigenvalue weighted by Gasteiger charge is 2.06. The van der Waals surface area contributed by atoms with Gasteiger partial charge in [0.2, 0.25) is 0 Å². The van der Waals surface area contributed by atoms with Crippen LogP contribution in [0.4, 0.5) is 4.39 Å². The number of benzene rings is 2. The third-order valence-electron chi connectivity index (χ3n) is 2.47. The van der Waals surface area contributed by atoms with Crippen molar-refractivity contribution in [2.45, 2.75) is 13.3 Å². The van der Waals surface area contributed by atoms with Crippen LogP contribution in [0.2, 0.25) is 0 Å². The first kappa shape index (κ1) is 14.5. The van der Waals surface area contributed by atoms with Crippen LogP contribution < -0.4 is 9.47 Å².